The fourth-order valence-corrected chi connectivity index (χ4v) is 3.57. The highest BCUT2D eigenvalue weighted by molar-refractivity contribution is 5.26. The molecule has 0 amide bonds. The topological polar surface area (TPSA) is 18.5 Å². The normalized spacial score (nSPS) is 23.7. The van der Waals surface area contributed by atoms with Gasteiger partial charge in [-0.1, -0.05) is 76.6 Å². The predicted molar refractivity (Wildman–Crippen MR) is 106 cm³/mol. The van der Waals surface area contributed by atoms with E-state index in [1.54, 1.807) is 0 Å². The van der Waals surface area contributed by atoms with Gasteiger partial charge in [-0.05, 0) is 37.3 Å². The molecule has 1 saturated heterocycles. The zero-order chi connectivity index (χ0) is 18.0. The lowest BCUT2D eigenvalue weighted by molar-refractivity contribution is -0.266. The van der Waals surface area contributed by atoms with Crippen molar-refractivity contribution in [2.24, 2.45) is 0 Å². The van der Waals surface area contributed by atoms with Crippen LogP contribution in [0.5, 0.6) is 0 Å². The van der Waals surface area contributed by atoms with Gasteiger partial charge >= 0.3 is 0 Å². The highest BCUT2D eigenvalue weighted by Gasteiger charge is 2.32. The molecule has 0 bridgehead atoms. The number of hydrogen-bond donors (Lipinski definition) is 0. The van der Waals surface area contributed by atoms with Crippen LogP contribution in [0.4, 0.5) is 0 Å². The first-order valence-electron chi connectivity index (χ1n) is 10.5. The van der Waals surface area contributed by atoms with Crippen molar-refractivity contribution < 1.29 is 9.47 Å². The number of aryl methyl sites for hydroxylation is 1. The summed E-state index contributed by atoms with van der Waals surface area (Å²) in [5, 5.41) is 0. The van der Waals surface area contributed by atoms with Crippen LogP contribution in [0.15, 0.2) is 24.3 Å². The molecule has 25 heavy (non-hydrogen) atoms. The molecule has 1 aromatic rings. The Labute approximate surface area is 155 Å². The second-order valence-corrected chi connectivity index (χ2v) is 7.82. The third-order valence-electron chi connectivity index (χ3n) is 5.43. The second-order valence-electron chi connectivity index (χ2n) is 7.82. The smallest absolute Gasteiger partial charge is 0.165 e. The molecule has 1 fully saturated rings. The van der Waals surface area contributed by atoms with Gasteiger partial charge in [-0.2, -0.15) is 0 Å². The Morgan fingerprint density at radius 1 is 0.840 bits per heavy atom. The van der Waals surface area contributed by atoms with Gasteiger partial charge < -0.3 is 9.47 Å². The van der Waals surface area contributed by atoms with E-state index in [-0.39, 0.29) is 5.79 Å². The largest absolute Gasteiger partial charge is 0.350 e. The van der Waals surface area contributed by atoms with E-state index in [0.29, 0.717) is 5.92 Å². The standard InChI is InChI=1S/C23H38O2/c1-4-6-8-9-11-17-23(3)24-18-22(19-25-23)21-15-13-20(14-16-21)12-10-7-5-2/h13-16,22H,4-12,17-19H2,1-3H3/t22-,23-. The number of unbranched alkanes of at least 4 members (excludes halogenated alkanes) is 6. The van der Waals surface area contributed by atoms with E-state index < -0.39 is 0 Å². The lowest BCUT2D eigenvalue weighted by atomic mass is 9.96. The van der Waals surface area contributed by atoms with Gasteiger partial charge in [-0.15, -0.1) is 0 Å². The minimum Gasteiger partial charge on any atom is -0.350 e. The highest BCUT2D eigenvalue weighted by atomic mass is 16.7. The molecule has 0 aromatic heterocycles. The summed E-state index contributed by atoms with van der Waals surface area (Å²) in [6.07, 6.45) is 12.6. The van der Waals surface area contributed by atoms with E-state index in [2.05, 4.69) is 45.0 Å². The van der Waals surface area contributed by atoms with Crippen molar-refractivity contribution in [1.29, 1.82) is 0 Å². The minimum absolute atomic E-state index is 0.372. The van der Waals surface area contributed by atoms with Crippen LogP contribution in [0.1, 0.15) is 95.6 Å². The van der Waals surface area contributed by atoms with E-state index in [1.165, 1.54) is 68.9 Å². The zero-order valence-electron chi connectivity index (χ0n) is 16.7. The summed E-state index contributed by atoms with van der Waals surface area (Å²) in [6.45, 7) is 8.18. The van der Waals surface area contributed by atoms with Gasteiger partial charge in [-0.3, -0.25) is 0 Å². The average Bonchev–Trinajstić information content (AvgIpc) is 2.63. The predicted octanol–water partition coefficient (Wildman–Crippen LogP) is 6.63. The summed E-state index contributed by atoms with van der Waals surface area (Å²) in [7, 11) is 0. The van der Waals surface area contributed by atoms with Crippen molar-refractivity contribution >= 4 is 0 Å². The third kappa shape index (κ3) is 7.11. The molecule has 0 atom stereocenters. The van der Waals surface area contributed by atoms with Gasteiger partial charge in [0.05, 0.1) is 13.2 Å². The molecule has 2 nitrogen and oxygen atoms in total. The van der Waals surface area contributed by atoms with Crippen molar-refractivity contribution in [1.82, 2.24) is 0 Å². The van der Waals surface area contributed by atoms with Gasteiger partial charge in [0, 0.05) is 12.3 Å². The molecule has 142 valence electrons. The van der Waals surface area contributed by atoms with Crippen LogP contribution < -0.4 is 0 Å². The fraction of sp³-hybridized carbons (Fsp3) is 0.739. The number of hydrogen-bond acceptors (Lipinski definition) is 2. The summed E-state index contributed by atoms with van der Waals surface area (Å²) < 4.78 is 12.3. The van der Waals surface area contributed by atoms with Crippen LogP contribution in [0.2, 0.25) is 0 Å². The van der Waals surface area contributed by atoms with Crippen LogP contribution in [-0.4, -0.2) is 19.0 Å². The summed E-state index contributed by atoms with van der Waals surface area (Å²) in [6, 6.07) is 9.11. The van der Waals surface area contributed by atoms with Crippen molar-refractivity contribution in [2.45, 2.75) is 96.7 Å². The first kappa shape index (κ1) is 20.5. The molecule has 1 aliphatic heterocycles. The van der Waals surface area contributed by atoms with Crippen molar-refractivity contribution in [3.8, 4) is 0 Å². The Kier molecular flexibility index (Phi) is 8.98. The summed E-state index contributed by atoms with van der Waals surface area (Å²) in [5.41, 5.74) is 2.80. The van der Waals surface area contributed by atoms with E-state index >= 15 is 0 Å². The maximum absolute atomic E-state index is 6.13. The van der Waals surface area contributed by atoms with Gasteiger partial charge in [0.15, 0.2) is 5.79 Å². The lowest BCUT2D eigenvalue weighted by Crippen LogP contribution is -2.40. The molecule has 1 aromatic carbocycles. The molecule has 0 unspecified atom stereocenters. The monoisotopic (exact) mass is 346 g/mol. The molecular formula is C23H38O2. The van der Waals surface area contributed by atoms with Crippen LogP contribution in [0.25, 0.3) is 0 Å². The third-order valence-corrected chi connectivity index (χ3v) is 5.43. The van der Waals surface area contributed by atoms with E-state index in [1.807, 2.05) is 0 Å². The lowest BCUT2D eigenvalue weighted by Gasteiger charge is -2.38. The molecule has 2 rings (SSSR count). The molecule has 1 aliphatic rings. The minimum atomic E-state index is -0.372. The van der Waals surface area contributed by atoms with Crippen molar-refractivity contribution in [3.05, 3.63) is 35.4 Å². The Hall–Kier alpha value is -0.860. The average molecular weight is 347 g/mol. The van der Waals surface area contributed by atoms with Gasteiger partial charge in [-0.25, -0.2) is 0 Å². The summed E-state index contributed by atoms with van der Waals surface area (Å²) in [5.74, 6) is 0.000802. The quantitative estimate of drug-likeness (QED) is 0.419. The summed E-state index contributed by atoms with van der Waals surface area (Å²) in [4.78, 5) is 0. The molecule has 2 heteroatoms. The Bertz CT molecular complexity index is 457. The SMILES string of the molecule is CCCCCCC[C@]1(C)OC[C@@H](c2ccc(CCCCC)cc2)CO1. The molecule has 0 saturated carbocycles. The van der Waals surface area contributed by atoms with E-state index in [9.17, 15) is 0 Å². The molecule has 0 radical (unpaired) electrons. The molecule has 1 heterocycles. The highest BCUT2D eigenvalue weighted by Crippen LogP contribution is 2.31. The molecule has 0 N–H and O–H groups in total. The zero-order valence-corrected chi connectivity index (χ0v) is 16.7. The Morgan fingerprint density at radius 3 is 2.08 bits per heavy atom. The van der Waals surface area contributed by atoms with E-state index in [4.69, 9.17) is 9.47 Å². The van der Waals surface area contributed by atoms with Gasteiger partial charge in [0.2, 0.25) is 0 Å². The number of benzene rings is 1. The second kappa shape index (κ2) is 11.0. The van der Waals surface area contributed by atoms with Crippen LogP contribution >= 0.6 is 0 Å². The van der Waals surface area contributed by atoms with Crippen LogP contribution in [-0.2, 0) is 15.9 Å². The maximum Gasteiger partial charge on any atom is 0.165 e. The Balaban J connectivity index is 1.73. The maximum atomic E-state index is 6.13. The molecule has 0 aliphatic carbocycles. The van der Waals surface area contributed by atoms with Gasteiger partial charge in [0.25, 0.3) is 0 Å². The first-order chi connectivity index (χ1) is 12.2. The number of ether oxygens (including phenoxy) is 2. The first-order valence-corrected chi connectivity index (χ1v) is 10.5. The van der Waals surface area contributed by atoms with E-state index in [0.717, 1.165) is 19.6 Å². The summed E-state index contributed by atoms with van der Waals surface area (Å²) >= 11 is 0. The number of rotatable bonds is 11. The van der Waals surface area contributed by atoms with Crippen molar-refractivity contribution in [3.63, 3.8) is 0 Å². The van der Waals surface area contributed by atoms with Crippen LogP contribution in [0, 0.1) is 0 Å². The fourth-order valence-electron chi connectivity index (χ4n) is 3.57. The molecular weight excluding hydrogens is 308 g/mol. The Morgan fingerprint density at radius 2 is 1.44 bits per heavy atom. The van der Waals surface area contributed by atoms with Gasteiger partial charge in [0.1, 0.15) is 0 Å². The van der Waals surface area contributed by atoms with Crippen molar-refractivity contribution in [2.75, 3.05) is 13.2 Å². The van der Waals surface area contributed by atoms with Crippen LogP contribution in [0.3, 0.4) is 0 Å². The molecule has 0 spiro atoms.